The molecule has 0 aliphatic carbocycles. The molecule has 0 saturated heterocycles. The highest BCUT2D eigenvalue weighted by Gasteiger charge is 2.06. The summed E-state index contributed by atoms with van der Waals surface area (Å²) in [5, 5.41) is 11.7. The number of aliphatic hydroxyl groups excluding tert-OH is 1. The number of nitrogens with zero attached hydrogens (tertiary/aromatic N) is 2. The number of amides is 1. The average Bonchev–Trinajstić information content (AvgIpc) is 2.18. The maximum Gasteiger partial charge on any atom is 0.286 e. The monoisotopic (exact) mass is 196 g/mol. The van der Waals surface area contributed by atoms with Crippen molar-refractivity contribution in [3.63, 3.8) is 0 Å². The Labute approximate surface area is 81.2 Å². The first-order valence-corrected chi connectivity index (χ1v) is 4.13. The number of carbonyl (C=O) groups excluding carboxylic acids is 1. The van der Waals surface area contributed by atoms with Gasteiger partial charge >= 0.3 is 0 Å². The molecule has 0 aromatic carbocycles. The molecule has 14 heavy (non-hydrogen) atoms. The second-order valence-electron chi connectivity index (χ2n) is 2.86. The Hall–Kier alpha value is -1.69. The molecular formula is C8H12N4O2. The lowest BCUT2D eigenvalue weighted by atomic mass is 10.3. The van der Waals surface area contributed by atoms with E-state index in [1.807, 2.05) is 0 Å². The maximum atomic E-state index is 10.7. The van der Waals surface area contributed by atoms with Gasteiger partial charge in [0, 0.05) is 12.2 Å². The van der Waals surface area contributed by atoms with Crippen LogP contribution in [0.1, 0.15) is 17.5 Å². The predicted molar refractivity (Wildman–Crippen MR) is 50.7 cm³/mol. The van der Waals surface area contributed by atoms with E-state index in [0.29, 0.717) is 5.82 Å². The number of anilines is 1. The van der Waals surface area contributed by atoms with E-state index in [9.17, 15) is 4.79 Å². The van der Waals surface area contributed by atoms with Gasteiger partial charge in [0.15, 0.2) is 0 Å². The number of primary amides is 1. The summed E-state index contributed by atoms with van der Waals surface area (Å²) in [4.78, 5) is 18.3. The molecule has 6 nitrogen and oxygen atoms in total. The summed E-state index contributed by atoms with van der Waals surface area (Å²) < 4.78 is 0. The van der Waals surface area contributed by atoms with Crippen molar-refractivity contribution in [2.45, 2.75) is 13.0 Å². The highest BCUT2D eigenvalue weighted by molar-refractivity contribution is 5.89. The zero-order chi connectivity index (χ0) is 10.6. The van der Waals surface area contributed by atoms with Gasteiger partial charge in [0.05, 0.1) is 6.61 Å². The number of rotatable bonds is 4. The van der Waals surface area contributed by atoms with Crippen LogP contribution in [0.3, 0.4) is 0 Å². The van der Waals surface area contributed by atoms with Crippen molar-refractivity contribution in [2.24, 2.45) is 5.73 Å². The van der Waals surface area contributed by atoms with Crippen LogP contribution in [0.2, 0.25) is 0 Å². The van der Waals surface area contributed by atoms with Crippen LogP contribution in [-0.2, 0) is 0 Å². The lowest BCUT2D eigenvalue weighted by Crippen LogP contribution is -2.22. The SMILES string of the molecule is C[C@@H](CO)Nc1ccnc(C(N)=O)n1. The molecule has 0 fully saturated rings. The van der Waals surface area contributed by atoms with Crippen molar-refractivity contribution in [2.75, 3.05) is 11.9 Å². The van der Waals surface area contributed by atoms with Gasteiger partial charge < -0.3 is 16.2 Å². The summed E-state index contributed by atoms with van der Waals surface area (Å²) in [6.07, 6.45) is 1.43. The standard InChI is InChI=1S/C8H12N4O2/c1-5(4-13)11-6-2-3-10-8(12-6)7(9)14/h2-3,5,13H,4H2,1H3,(H2,9,14)(H,10,11,12)/t5-/m0/s1. The molecule has 1 atom stereocenters. The molecule has 0 aliphatic heterocycles. The normalized spacial score (nSPS) is 12.1. The third-order valence-electron chi connectivity index (χ3n) is 1.54. The largest absolute Gasteiger partial charge is 0.394 e. The summed E-state index contributed by atoms with van der Waals surface area (Å²) in [6, 6.07) is 1.46. The molecule has 0 radical (unpaired) electrons. The second-order valence-corrected chi connectivity index (χ2v) is 2.86. The van der Waals surface area contributed by atoms with E-state index < -0.39 is 5.91 Å². The predicted octanol–water partition coefficient (Wildman–Crippen LogP) is -0.632. The van der Waals surface area contributed by atoms with Crippen LogP contribution in [0, 0.1) is 0 Å². The van der Waals surface area contributed by atoms with E-state index in [1.54, 1.807) is 13.0 Å². The summed E-state index contributed by atoms with van der Waals surface area (Å²) in [6.45, 7) is 1.77. The maximum absolute atomic E-state index is 10.7. The molecule has 1 aromatic heterocycles. The molecule has 1 aromatic rings. The van der Waals surface area contributed by atoms with E-state index in [0.717, 1.165) is 0 Å². The van der Waals surface area contributed by atoms with Crippen LogP contribution < -0.4 is 11.1 Å². The fraction of sp³-hybridized carbons (Fsp3) is 0.375. The van der Waals surface area contributed by atoms with Gasteiger partial charge in [-0.2, -0.15) is 0 Å². The Morgan fingerprint density at radius 2 is 2.50 bits per heavy atom. The number of aromatic nitrogens is 2. The molecule has 0 bridgehead atoms. The number of hydrogen-bond donors (Lipinski definition) is 3. The molecule has 0 aliphatic rings. The van der Waals surface area contributed by atoms with E-state index in [4.69, 9.17) is 10.8 Å². The third kappa shape index (κ3) is 2.67. The lowest BCUT2D eigenvalue weighted by molar-refractivity contribution is 0.0990. The molecule has 1 amide bonds. The van der Waals surface area contributed by atoms with Gasteiger partial charge in [-0.25, -0.2) is 9.97 Å². The molecule has 1 heterocycles. The smallest absolute Gasteiger partial charge is 0.286 e. The van der Waals surface area contributed by atoms with E-state index >= 15 is 0 Å². The average molecular weight is 196 g/mol. The Balaban J connectivity index is 2.78. The second kappa shape index (κ2) is 4.52. The molecule has 76 valence electrons. The number of hydrogen-bond acceptors (Lipinski definition) is 5. The molecular weight excluding hydrogens is 184 g/mol. The van der Waals surface area contributed by atoms with Crippen LogP contribution in [0.25, 0.3) is 0 Å². The van der Waals surface area contributed by atoms with Crippen molar-refractivity contribution in [3.8, 4) is 0 Å². The minimum Gasteiger partial charge on any atom is -0.394 e. The minimum absolute atomic E-state index is 0.0179. The fourth-order valence-corrected chi connectivity index (χ4v) is 0.856. The van der Waals surface area contributed by atoms with Crippen LogP contribution in [0.5, 0.6) is 0 Å². The Kier molecular flexibility index (Phi) is 3.35. The summed E-state index contributed by atoms with van der Waals surface area (Å²) >= 11 is 0. The van der Waals surface area contributed by atoms with Gasteiger partial charge in [0.1, 0.15) is 5.82 Å². The number of aliphatic hydroxyl groups is 1. The van der Waals surface area contributed by atoms with E-state index in [2.05, 4.69) is 15.3 Å². The molecule has 4 N–H and O–H groups in total. The van der Waals surface area contributed by atoms with Crippen LogP contribution in [0.15, 0.2) is 12.3 Å². The van der Waals surface area contributed by atoms with Crippen LogP contribution in [0.4, 0.5) is 5.82 Å². The first kappa shape index (κ1) is 10.4. The Morgan fingerprint density at radius 3 is 3.07 bits per heavy atom. The Morgan fingerprint density at radius 1 is 1.79 bits per heavy atom. The van der Waals surface area contributed by atoms with Gasteiger partial charge in [-0.1, -0.05) is 0 Å². The van der Waals surface area contributed by atoms with Crippen molar-refractivity contribution in [1.82, 2.24) is 9.97 Å². The van der Waals surface area contributed by atoms with Gasteiger partial charge in [0.25, 0.3) is 5.91 Å². The summed E-state index contributed by atoms with van der Waals surface area (Å²) in [5.74, 6) is -0.249. The molecule has 0 spiro atoms. The van der Waals surface area contributed by atoms with Gasteiger partial charge in [-0.05, 0) is 13.0 Å². The van der Waals surface area contributed by atoms with Crippen LogP contribution in [-0.4, -0.2) is 33.6 Å². The summed E-state index contributed by atoms with van der Waals surface area (Å²) in [5.41, 5.74) is 5.00. The third-order valence-corrected chi connectivity index (χ3v) is 1.54. The molecule has 1 rings (SSSR count). The fourth-order valence-electron chi connectivity index (χ4n) is 0.856. The summed E-state index contributed by atoms with van der Waals surface area (Å²) in [7, 11) is 0. The first-order valence-electron chi connectivity index (χ1n) is 4.13. The Bertz CT molecular complexity index is 329. The molecule has 0 unspecified atom stereocenters. The highest BCUT2D eigenvalue weighted by Crippen LogP contribution is 2.03. The zero-order valence-corrected chi connectivity index (χ0v) is 7.77. The zero-order valence-electron chi connectivity index (χ0n) is 7.77. The quantitative estimate of drug-likeness (QED) is 0.595. The molecule has 0 saturated carbocycles. The topological polar surface area (TPSA) is 101 Å². The highest BCUT2D eigenvalue weighted by atomic mass is 16.3. The first-order chi connectivity index (χ1) is 6.63. The van der Waals surface area contributed by atoms with Gasteiger partial charge in [0.2, 0.25) is 5.82 Å². The van der Waals surface area contributed by atoms with E-state index in [1.165, 1.54) is 6.20 Å². The number of nitrogens with two attached hydrogens (primary N) is 1. The van der Waals surface area contributed by atoms with Crippen molar-refractivity contribution < 1.29 is 9.90 Å². The number of carbonyl (C=O) groups is 1. The van der Waals surface area contributed by atoms with Crippen molar-refractivity contribution in [3.05, 3.63) is 18.1 Å². The van der Waals surface area contributed by atoms with Crippen molar-refractivity contribution >= 4 is 11.7 Å². The van der Waals surface area contributed by atoms with Gasteiger partial charge in [-0.3, -0.25) is 4.79 Å². The minimum atomic E-state index is -0.676. The molecule has 6 heteroatoms. The van der Waals surface area contributed by atoms with Crippen LogP contribution >= 0.6 is 0 Å². The lowest BCUT2D eigenvalue weighted by Gasteiger charge is -2.10. The van der Waals surface area contributed by atoms with Crippen molar-refractivity contribution in [1.29, 1.82) is 0 Å². The number of nitrogens with one attached hydrogen (secondary N) is 1. The van der Waals surface area contributed by atoms with Gasteiger partial charge in [-0.15, -0.1) is 0 Å². The van der Waals surface area contributed by atoms with E-state index in [-0.39, 0.29) is 18.5 Å².